The van der Waals surface area contributed by atoms with E-state index >= 15 is 0 Å². The van der Waals surface area contributed by atoms with Crippen LogP contribution in [-0.2, 0) is 0 Å². The summed E-state index contributed by atoms with van der Waals surface area (Å²) < 4.78 is 0.623. The van der Waals surface area contributed by atoms with E-state index in [1.54, 1.807) is 0 Å². The Morgan fingerprint density at radius 1 is 0.571 bits per heavy atom. The van der Waals surface area contributed by atoms with Gasteiger partial charge in [0.15, 0.2) is 0 Å². The van der Waals surface area contributed by atoms with Gasteiger partial charge in [0.05, 0.1) is 20.6 Å². The molecule has 2 N–H and O–H groups in total. The fourth-order valence-corrected chi connectivity index (χ4v) is 2.71. The van der Waals surface area contributed by atoms with E-state index < -0.39 is 0 Å². The van der Waals surface area contributed by atoms with E-state index in [-0.39, 0.29) is 12.4 Å². The summed E-state index contributed by atoms with van der Waals surface area (Å²) in [7, 11) is 4.14. The van der Waals surface area contributed by atoms with Crippen molar-refractivity contribution in [2.45, 2.75) is 96.8 Å². The first kappa shape index (κ1) is 23.5. The minimum absolute atomic E-state index is 0. The summed E-state index contributed by atoms with van der Waals surface area (Å²) in [6.45, 7) is 3.40. The molecule has 0 heterocycles. The SMILES string of the molecule is CCCCCCCCCCCCCCCC[N+](C)(C)N.[Cl-]. The van der Waals surface area contributed by atoms with Crippen LogP contribution >= 0.6 is 0 Å². The predicted molar refractivity (Wildman–Crippen MR) is 91.5 cm³/mol. The van der Waals surface area contributed by atoms with Crippen LogP contribution in [0, 0.1) is 0 Å². The van der Waals surface area contributed by atoms with Gasteiger partial charge in [-0.15, -0.1) is 0 Å². The second-order valence-electron chi connectivity index (χ2n) is 7.10. The summed E-state index contributed by atoms with van der Waals surface area (Å²) in [6, 6.07) is 0. The molecule has 3 heteroatoms. The second kappa shape index (κ2) is 16.6. The Hall–Kier alpha value is 0.210. The monoisotopic (exact) mass is 320 g/mol. The molecule has 0 aromatic rings. The van der Waals surface area contributed by atoms with E-state index in [0.717, 1.165) is 6.54 Å². The molecule has 0 rings (SSSR count). The van der Waals surface area contributed by atoms with Gasteiger partial charge in [0.2, 0.25) is 0 Å². The summed E-state index contributed by atoms with van der Waals surface area (Å²) in [5.74, 6) is 5.92. The summed E-state index contributed by atoms with van der Waals surface area (Å²) in [4.78, 5) is 0. The molecule has 0 atom stereocenters. The zero-order valence-electron chi connectivity index (χ0n) is 15.0. The molecule has 2 nitrogen and oxygen atoms in total. The van der Waals surface area contributed by atoms with E-state index in [4.69, 9.17) is 5.84 Å². The zero-order chi connectivity index (χ0) is 15.1. The van der Waals surface area contributed by atoms with Gasteiger partial charge in [-0.25, -0.2) is 0 Å². The van der Waals surface area contributed by atoms with Crippen molar-refractivity contribution in [2.24, 2.45) is 5.84 Å². The first-order chi connectivity index (χ1) is 9.56. The molecule has 0 aliphatic heterocycles. The van der Waals surface area contributed by atoms with E-state index in [9.17, 15) is 0 Å². The third-order valence-electron chi connectivity index (χ3n) is 4.09. The van der Waals surface area contributed by atoms with E-state index in [2.05, 4.69) is 21.0 Å². The fraction of sp³-hybridized carbons (Fsp3) is 1.00. The van der Waals surface area contributed by atoms with Crippen molar-refractivity contribution in [3.05, 3.63) is 0 Å². The maximum Gasteiger partial charge on any atom is 0.0955 e. The van der Waals surface area contributed by atoms with E-state index in [0.29, 0.717) is 4.59 Å². The Morgan fingerprint density at radius 2 is 0.857 bits per heavy atom. The number of rotatable bonds is 15. The fourth-order valence-electron chi connectivity index (χ4n) is 2.71. The summed E-state index contributed by atoms with van der Waals surface area (Å²) >= 11 is 0. The number of hydrogen-bond donors (Lipinski definition) is 1. The van der Waals surface area contributed by atoms with Crippen molar-refractivity contribution in [3.8, 4) is 0 Å². The van der Waals surface area contributed by atoms with Crippen LogP contribution in [0.3, 0.4) is 0 Å². The Bertz CT molecular complexity index is 190. The van der Waals surface area contributed by atoms with Gasteiger partial charge in [-0.3, -0.25) is 4.59 Å². The average Bonchev–Trinajstić information content (AvgIpc) is 2.38. The van der Waals surface area contributed by atoms with Crippen molar-refractivity contribution in [1.82, 2.24) is 0 Å². The molecule has 0 saturated heterocycles. The van der Waals surface area contributed by atoms with Crippen molar-refractivity contribution in [1.29, 1.82) is 0 Å². The zero-order valence-corrected chi connectivity index (χ0v) is 15.8. The van der Waals surface area contributed by atoms with Crippen LogP contribution in [0.15, 0.2) is 0 Å². The molecule has 0 aromatic heterocycles. The first-order valence-electron chi connectivity index (χ1n) is 9.18. The molecule has 0 radical (unpaired) electrons. The number of nitrogens with two attached hydrogens (primary N) is 1. The van der Waals surface area contributed by atoms with Crippen molar-refractivity contribution in [3.63, 3.8) is 0 Å². The summed E-state index contributed by atoms with van der Waals surface area (Å²) in [6.07, 6.45) is 19.9. The normalized spacial score (nSPS) is 11.4. The Balaban J connectivity index is 0. The topological polar surface area (TPSA) is 26.0 Å². The van der Waals surface area contributed by atoms with Gasteiger partial charge in [0, 0.05) is 0 Å². The van der Waals surface area contributed by atoms with Gasteiger partial charge in [-0.05, 0) is 12.8 Å². The average molecular weight is 321 g/mol. The quantitative estimate of drug-likeness (QED) is 0.213. The van der Waals surface area contributed by atoms with Crippen molar-refractivity contribution < 1.29 is 17.0 Å². The van der Waals surface area contributed by atoms with Gasteiger partial charge in [0.1, 0.15) is 0 Å². The van der Waals surface area contributed by atoms with Crippen LogP contribution in [0.4, 0.5) is 0 Å². The van der Waals surface area contributed by atoms with Gasteiger partial charge < -0.3 is 12.4 Å². The molecule has 0 saturated carbocycles. The predicted octanol–water partition coefficient (Wildman–Crippen LogP) is 2.42. The number of hydrogen-bond acceptors (Lipinski definition) is 1. The molecule has 130 valence electrons. The molecule has 0 unspecified atom stereocenters. The lowest BCUT2D eigenvalue weighted by atomic mass is 10.0. The number of nitrogens with zero attached hydrogens (tertiary/aromatic N) is 1. The van der Waals surface area contributed by atoms with Gasteiger partial charge in [-0.1, -0.05) is 84.0 Å². The minimum Gasteiger partial charge on any atom is -1.00 e. The molecule has 0 spiro atoms. The second-order valence-corrected chi connectivity index (χ2v) is 7.10. The van der Waals surface area contributed by atoms with E-state index in [1.807, 2.05) is 0 Å². The van der Waals surface area contributed by atoms with Crippen LogP contribution < -0.4 is 18.2 Å². The number of unbranched alkanes of at least 4 members (excludes halogenated alkanes) is 13. The Labute approximate surface area is 140 Å². The number of quaternary nitrogens is 1. The Kier molecular flexibility index (Phi) is 18.5. The highest BCUT2D eigenvalue weighted by Crippen LogP contribution is 2.13. The number of halogens is 1. The summed E-state index contributed by atoms with van der Waals surface area (Å²) in [5.41, 5.74) is 0. The molecular weight excluding hydrogens is 280 g/mol. The molecule has 0 fully saturated rings. The van der Waals surface area contributed by atoms with Gasteiger partial charge in [-0.2, -0.15) is 5.84 Å². The molecule has 0 bridgehead atoms. The third kappa shape index (κ3) is 22.6. The van der Waals surface area contributed by atoms with Gasteiger partial charge in [0.25, 0.3) is 0 Å². The summed E-state index contributed by atoms with van der Waals surface area (Å²) in [5, 5.41) is 0. The lowest BCUT2D eigenvalue weighted by molar-refractivity contribution is -0.902. The molecule has 0 amide bonds. The largest absolute Gasteiger partial charge is 1.00 e. The maximum atomic E-state index is 5.92. The smallest absolute Gasteiger partial charge is 0.0955 e. The molecule has 0 aliphatic rings. The lowest BCUT2D eigenvalue weighted by Gasteiger charge is -2.21. The van der Waals surface area contributed by atoms with E-state index in [1.165, 1.54) is 89.9 Å². The molecule has 0 aromatic carbocycles. The molecule has 21 heavy (non-hydrogen) atoms. The van der Waals surface area contributed by atoms with Crippen LogP contribution in [-0.4, -0.2) is 25.2 Å². The van der Waals surface area contributed by atoms with Crippen molar-refractivity contribution >= 4 is 0 Å². The lowest BCUT2D eigenvalue weighted by Crippen LogP contribution is -3.00. The van der Waals surface area contributed by atoms with Crippen LogP contribution in [0.25, 0.3) is 0 Å². The minimum atomic E-state index is 0. The molecular formula is C18H41ClN2. The standard InChI is InChI=1S/C18H41N2.ClH/c1-4-5-6-7-8-9-10-11-12-13-14-15-16-17-18-20(2,3)19;/h4-19H2,1-3H3;1H/q+1;/p-1. The first-order valence-corrected chi connectivity index (χ1v) is 9.18. The highest BCUT2D eigenvalue weighted by molar-refractivity contribution is 4.49. The van der Waals surface area contributed by atoms with Crippen LogP contribution in [0.1, 0.15) is 96.8 Å². The highest BCUT2D eigenvalue weighted by Gasteiger charge is 2.06. The van der Waals surface area contributed by atoms with Gasteiger partial charge >= 0.3 is 0 Å². The Morgan fingerprint density at radius 3 is 1.14 bits per heavy atom. The molecule has 0 aliphatic carbocycles. The third-order valence-corrected chi connectivity index (χ3v) is 4.09. The van der Waals surface area contributed by atoms with Crippen molar-refractivity contribution in [2.75, 3.05) is 20.6 Å². The maximum absolute atomic E-state index is 5.92. The van der Waals surface area contributed by atoms with Crippen LogP contribution in [0.5, 0.6) is 0 Å². The van der Waals surface area contributed by atoms with Crippen LogP contribution in [0.2, 0.25) is 0 Å². The highest BCUT2D eigenvalue weighted by atomic mass is 35.5.